The molecule has 0 aromatic heterocycles. The number of aliphatic carboxylic acids is 1. The quantitative estimate of drug-likeness (QED) is 0.697. The molecule has 0 amide bonds. The Kier molecular flexibility index (Phi) is 3.83. The summed E-state index contributed by atoms with van der Waals surface area (Å²) in [7, 11) is 0. The number of carbonyl (C=O) groups is 1. The summed E-state index contributed by atoms with van der Waals surface area (Å²) < 4.78 is 11.0. The van der Waals surface area contributed by atoms with Gasteiger partial charge in [0.2, 0.25) is 0 Å². The molecule has 0 radical (unpaired) electrons. The van der Waals surface area contributed by atoms with Crippen LogP contribution in [0.5, 0.6) is 11.5 Å². The van der Waals surface area contributed by atoms with Crippen LogP contribution in [0.25, 0.3) is 11.6 Å². The average Bonchev–Trinajstić information content (AvgIpc) is 2.52. The number of benzene rings is 2. The van der Waals surface area contributed by atoms with E-state index in [9.17, 15) is 9.90 Å². The summed E-state index contributed by atoms with van der Waals surface area (Å²) >= 11 is 0. The fraction of sp³-hybridized carbons (Fsp3) is 0.167. The van der Waals surface area contributed by atoms with E-state index in [0.29, 0.717) is 30.3 Å². The summed E-state index contributed by atoms with van der Waals surface area (Å²) in [4.78, 5) is 11.6. The molecule has 0 unspecified atom stereocenters. The molecule has 0 spiro atoms. The predicted octanol–water partition coefficient (Wildman–Crippen LogP) is 3.39. The Morgan fingerprint density at radius 1 is 1.09 bits per heavy atom. The van der Waals surface area contributed by atoms with Crippen LogP contribution in [0.2, 0.25) is 0 Å². The third-order valence-corrected chi connectivity index (χ3v) is 3.44. The van der Waals surface area contributed by atoms with Crippen molar-refractivity contribution in [2.24, 2.45) is 0 Å². The Balaban J connectivity index is 2.03. The molecule has 2 aromatic rings. The fourth-order valence-corrected chi connectivity index (χ4v) is 2.41. The van der Waals surface area contributed by atoms with Crippen molar-refractivity contribution in [2.75, 3.05) is 13.2 Å². The van der Waals surface area contributed by atoms with Crippen LogP contribution in [0.1, 0.15) is 16.7 Å². The number of carboxylic acid groups (broad SMARTS) is 1. The number of fused-ring (bicyclic) bond motifs is 1. The molecule has 4 heteroatoms. The highest BCUT2D eigenvalue weighted by molar-refractivity contribution is 6.20. The van der Waals surface area contributed by atoms with E-state index in [0.717, 1.165) is 11.1 Å². The molecular formula is C18H16O4. The predicted molar refractivity (Wildman–Crippen MR) is 84.1 cm³/mol. The highest BCUT2D eigenvalue weighted by Gasteiger charge is 2.16. The molecule has 0 saturated carbocycles. The van der Waals surface area contributed by atoms with E-state index in [4.69, 9.17) is 9.47 Å². The summed E-state index contributed by atoms with van der Waals surface area (Å²) in [5.41, 5.74) is 2.76. The van der Waals surface area contributed by atoms with Crippen LogP contribution in [-0.2, 0) is 4.79 Å². The second-order valence-corrected chi connectivity index (χ2v) is 5.14. The van der Waals surface area contributed by atoms with Gasteiger partial charge < -0.3 is 14.6 Å². The molecule has 0 fully saturated rings. The van der Waals surface area contributed by atoms with Crippen LogP contribution in [0.4, 0.5) is 0 Å². The second-order valence-electron chi connectivity index (χ2n) is 5.14. The second kappa shape index (κ2) is 5.93. The minimum atomic E-state index is -0.974. The van der Waals surface area contributed by atoms with Crippen molar-refractivity contribution < 1.29 is 19.4 Å². The van der Waals surface area contributed by atoms with Crippen LogP contribution in [-0.4, -0.2) is 24.3 Å². The molecule has 2 aromatic carbocycles. The minimum Gasteiger partial charge on any atom is -0.486 e. The Labute approximate surface area is 128 Å². The van der Waals surface area contributed by atoms with Gasteiger partial charge in [-0.05, 0) is 36.3 Å². The minimum absolute atomic E-state index is 0.225. The molecule has 4 nitrogen and oxygen atoms in total. The van der Waals surface area contributed by atoms with Gasteiger partial charge in [-0.25, -0.2) is 4.79 Å². The van der Waals surface area contributed by atoms with Crippen LogP contribution in [0.3, 0.4) is 0 Å². The number of rotatable bonds is 3. The summed E-state index contributed by atoms with van der Waals surface area (Å²) in [5.74, 6) is 0.258. The van der Waals surface area contributed by atoms with E-state index >= 15 is 0 Å². The molecule has 1 aliphatic heterocycles. The molecule has 0 saturated heterocycles. The molecule has 0 bridgehead atoms. The van der Waals surface area contributed by atoms with E-state index < -0.39 is 5.97 Å². The van der Waals surface area contributed by atoms with Gasteiger partial charge in [-0.15, -0.1) is 0 Å². The first-order chi connectivity index (χ1) is 10.6. The highest BCUT2D eigenvalue weighted by Crippen LogP contribution is 2.33. The van der Waals surface area contributed by atoms with Crippen LogP contribution in [0, 0.1) is 6.92 Å². The first-order valence-electron chi connectivity index (χ1n) is 7.05. The number of aryl methyl sites for hydroxylation is 1. The van der Waals surface area contributed by atoms with Crippen molar-refractivity contribution in [1.29, 1.82) is 0 Å². The Morgan fingerprint density at radius 2 is 1.86 bits per heavy atom. The lowest BCUT2D eigenvalue weighted by Crippen LogP contribution is -2.15. The molecule has 112 valence electrons. The zero-order chi connectivity index (χ0) is 15.5. The van der Waals surface area contributed by atoms with Crippen molar-refractivity contribution in [3.05, 3.63) is 59.2 Å². The van der Waals surface area contributed by atoms with Gasteiger partial charge in [0.1, 0.15) is 13.2 Å². The molecule has 1 heterocycles. The van der Waals surface area contributed by atoms with E-state index in [1.807, 2.05) is 31.2 Å². The smallest absolute Gasteiger partial charge is 0.336 e. The lowest BCUT2D eigenvalue weighted by atomic mass is 10.0. The molecule has 1 N–H and O–H groups in total. The van der Waals surface area contributed by atoms with Gasteiger partial charge in [0, 0.05) is 0 Å². The zero-order valence-electron chi connectivity index (χ0n) is 12.2. The number of hydrogen-bond donors (Lipinski definition) is 1. The maximum absolute atomic E-state index is 11.6. The van der Waals surface area contributed by atoms with E-state index in [1.54, 1.807) is 24.3 Å². The summed E-state index contributed by atoms with van der Waals surface area (Å²) in [6, 6.07) is 12.9. The van der Waals surface area contributed by atoms with E-state index in [2.05, 4.69) is 0 Å². The van der Waals surface area contributed by atoms with Crippen LogP contribution in [0.15, 0.2) is 42.5 Å². The van der Waals surface area contributed by atoms with Crippen molar-refractivity contribution in [2.45, 2.75) is 6.92 Å². The van der Waals surface area contributed by atoms with Crippen LogP contribution >= 0.6 is 0 Å². The molecule has 0 atom stereocenters. The molecular weight excluding hydrogens is 280 g/mol. The van der Waals surface area contributed by atoms with Gasteiger partial charge in [0.05, 0.1) is 5.57 Å². The average molecular weight is 296 g/mol. The molecule has 0 aliphatic carbocycles. The molecule has 1 aliphatic rings. The Bertz CT molecular complexity index is 747. The fourth-order valence-electron chi connectivity index (χ4n) is 2.41. The van der Waals surface area contributed by atoms with E-state index in [-0.39, 0.29) is 5.57 Å². The van der Waals surface area contributed by atoms with Crippen molar-refractivity contribution in [1.82, 2.24) is 0 Å². The third kappa shape index (κ3) is 2.96. The van der Waals surface area contributed by atoms with E-state index in [1.165, 1.54) is 0 Å². The van der Waals surface area contributed by atoms with Gasteiger partial charge >= 0.3 is 5.97 Å². The Morgan fingerprint density at radius 3 is 2.59 bits per heavy atom. The molecule has 22 heavy (non-hydrogen) atoms. The van der Waals surface area contributed by atoms with Crippen LogP contribution < -0.4 is 9.47 Å². The number of carboxylic acids is 1. The van der Waals surface area contributed by atoms with Gasteiger partial charge in [-0.1, -0.05) is 35.9 Å². The van der Waals surface area contributed by atoms with Gasteiger partial charge in [-0.3, -0.25) is 0 Å². The summed E-state index contributed by atoms with van der Waals surface area (Å²) in [5, 5.41) is 9.52. The number of ether oxygens (including phenoxy) is 2. The number of hydrogen-bond acceptors (Lipinski definition) is 3. The zero-order valence-corrected chi connectivity index (χ0v) is 12.2. The summed E-state index contributed by atoms with van der Waals surface area (Å²) in [6.07, 6.45) is 1.67. The normalized spacial score (nSPS) is 13.8. The van der Waals surface area contributed by atoms with Crippen molar-refractivity contribution in [3.8, 4) is 11.5 Å². The highest BCUT2D eigenvalue weighted by atomic mass is 16.6. The maximum atomic E-state index is 11.6. The first kappa shape index (κ1) is 14.2. The van der Waals surface area contributed by atoms with Gasteiger partial charge in [-0.2, -0.15) is 0 Å². The standard InChI is InChI=1S/C18H16O4/c1-12-3-2-4-13(9-12)10-15(18(19)20)14-5-6-16-17(11-14)22-8-7-21-16/h2-6,9-11H,7-8H2,1H3,(H,19,20)/b15-10-. The van der Waals surface area contributed by atoms with Gasteiger partial charge in [0.15, 0.2) is 11.5 Å². The molecule has 3 rings (SSSR count). The lowest BCUT2D eigenvalue weighted by Gasteiger charge is -2.19. The van der Waals surface area contributed by atoms with Gasteiger partial charge in [0.25, 0.3) is 0 Å². The first-order valence-corrected chi connectivity index (χ1v) is 7.05. The van der Waals surface area contributed by atoms with Crippen molar-refractivity contribution in [3.63, 3.8) is 0 Å². The largest absolute Gasteiger partial charge is 0.486 e. The third-order valence-electron chi connectivity index (χ3n) is 3.44. The monoisotopic (exact) mass is 296 g/mol. The topological polar surface area (TPSA) is 55.8 Å². The van der Waals surface area contributed by atoms with Crippen molar-refractivity contribution >= 4 is 17.6 Å². The Hall–Kier alpha value is -2.75. The summed E-state index contributed by atoms with van der Waals surface area (Å²) in [6.45, 7) is 2.96. The maximum Gasteiger partial charge on any atom is 0.336 e. The lowest BCUT2D eigenvalue weighted by molar-refractivity contribution is -0.130. The SMILES string of the molecule is Cc1cccc(/C=C(\C(=O)O)c2ccc3c(c2)OCCO3)c1.